The van der Waals surface area contributed by atoms with Gasteiger partial charge in [0.25, 0.3) is 0 Å². The predicted molar refractivity (Wildman–Crippen MR) is 113 cm³/mol. The van der Waals surface area contributed by atoms with Gasteiger partial charge < -0.3 is 9.47 Å². The molecule has 2 aliphatic rings. The maximum atomic E-state index is 6.38. The standard InChI is InChI=1S/C23H19BrN2O2/c1-27-18-12-8-16(9-13-18)23-26-21(19-4-2-3-5-22(19)28-23)14-20(25-26)15-6-10-17(24)11-7-15/h2-13,21,23H,14H2,1H3/t21-,23+/m1/s1. The second kappa shape index (κ2) is 6.99. The smallest absolute Gasteiger partial charge is 0.213 e. The average molecular weight is 435 g/mol. The lowest BCUT2D eigenvalue weighted by molar-refractivity contribution is -0.0190. The third kappa shape index (κ3) is 2.96. The van der Waals surface area contributed by atoms with Crippen LogP contribution < -0.4 is 9.47 Å². The number of para-hydroxylation sites is 1. The van der Waals surface area contributed by atoms with E-state index in [1.165, 1.54) is 5.56 Å². The molecule has 5 heteroatoms. The molecular formula is C23H19BrN2O2. The van der Waals surface area contributed by atoms with E-state index < -0.39 is 0 Å². The number of methoxy groups -OCH3 is 1. The van der Waals surface area contributed by atoms with Crippen LogP contribution in [0.5, 0.6) is 11.5 Å². The molecule has 28 heavy (non-hydrogen) atoms. The van der Waals surface area contributed by atoms with Crippen molar-refractivity contribution in [2.45, 2.75) is 18.7 Å². The van der Waals surface area contributed by atoms with Crippen LogP contribution in [0, 0.1) is 0 Å². The average Bonchev–Trinajstić information content (AvgIpc) is 3.19. The summed E-state index contributed by atoms with van der Waals surface area (Å²) in [6.45, 7) is 0. The minimum absolute atomic E-state index is 0.163. The van der Waals surface area contributed by atoms with E-state index in [1.54, 1.807) is 7.11 Å². The van der Waals surface area contributed by atoms with Gasteiger partial charge in [0.15, 0.2) is 0 Å². The summed E-state index contributed by atoms with van der Waals surface area (Å²) in [4.78, 5) is 0. The minimum atomic E-state index is -0.265. The predicted octanol–water partition coefficient (Wildman–Crippen LogP) is 5.70. The zero-order chi connectivity index (χ0) is 19.1. The third-order valence-electron chi connectivity index (χ3n) is 5.28. The lowest BCUT2D eigenvalue weighted by Gasteiger charge is -2.38. The van der Waals surface area contributed by atoms with Crippen LogP contribution in [0.15, 0.2) is 82.4 Å². The molecule has 0 N–H and O–H groups in total. The molecule has 5 rings (SSSR count). The zero-order valence-corrected chi connectivity index (χ0v) is 17.0. The molecule has 0 amide bonds. The Labute approximate surface area is 172 Å². The topological polar surface area (TPSA) is 34.1 Å². The molecule has 3 aromatic rings. The highest BCUT2D eigenvalue weighted by molar-refractivity contribution is 9.10. The molecule has 3 aromatic carbocycles. The van der Waals surface area contributed by atoms with Crippen molar-refractivity contribution in [3.05, 3.63) is 94.0 Å². The van der Waals surface area contributed by atoms with Gasteiger partial charge in [0.2, 0.25) is 6.23 Å². The normalized spacial score (nSPS) is 20.1. The molecule has 140 valence electrons. The van der Waals surface area contributed by atoms with Crippen LogP contribution in [0.4, 0.5) is 0 Å². The second-order valence-corrected chi connectivity index (χ2v) is 7.85. The van der Waals surface area contributed by atoms with Crippen molar-refractivity contribution >= 4 is 21.6 Å². The van der Waals surface area contributed by atoms with Crippen LogP contribution in [0.25, 0.3) is 0 Å². The summed E-state index contributed by atoms with van der Waals surface area (Å²) < 4.78 is 12.7. The highest BCUT2D eigenvalue weighted by atomic mass is 79.9. The first-order valence-corrected chi connectivity index (χ1v) is 10.0. The SMILES string of the molecule is COc1ccc([C@@H]2Oc3ccccc3[C@H]3CC(c4ccc(Br)cc4)=NN32)cc1. The summed E-state index contributed by atoms with van der Waals surface area (Å²) >= 11 is 3.51. The van der Waals surface area contributed by atoms with Crippen molar-refractivity contribution in [3.8, 4) is 11.5 Å². The van der Waals surface area contributed by atoms with Gasteiger partial charge in [0.05, 0.1) is 18.9 Å². The fraction of sp³-hybridized carbons (Fsp3) is 0.174. The van der Waals surface area contributed by atoms with E-state index >= 15 is 0 Å². The van der Waals surface area contributed by atoms with E-state index in [1.807, 2.05) is 36.4 Å². The van der Waals surface area contributed by atoms with Crippen molar-refractivity contribution in [3.63, 3.8) is 0 Å². The summed E-state index contributed by atoms with van der Waals surface area (Å²) in [6, 6.07) is 24.8. The van der Waals surface area contributed by atoms with Crippen LogP contribution in [0.3, 0.4) is 0 Å². The van der Waals surface area contributed by atoms with Gasteiger partial charge in [-0.05, 0) is 48.0 Å². The van der Waals surface area contributed by atoms with Gasteiger partial charge in [-0.3, -0.25) is 0 Å². The van der Waals surface area contributed by atoms with Gasteiger partial charge in [-0.2, -0.15) is 5.10 Å². The van der Waals surface area contributed by atoms with Crippen LogP contribution >= 0.6 is 15.9 Å². The summed E-state index contributed by atoms with van der Waals surface area (Å²) in [5, 5.41) is 7.09. The second-order valence-electron chi connectivity index (χ2n) is 6.93. The van der Waals surface area contributed by atoms with E-state index in [0.717, 1.165) is 39.2 Å². The fourth-order valence-electron chi connectivity index (χ4n) is 3.84. The van der Waals surface area contributed by atoms with Crippen molar-refractivity contribution in [1.29, 1.82) is 0 Å². The number of benzene rings is 3. The molecule has 0 radical (unpaired) electrons. The maximum absolute atomic E-state index is 6.38. The Balaban J connectivity index is 1.56. The van der Waals surface area contributed by atoms with E-state index in [9.17, 15) is 0 Å². The number of hydrogen-bond donors (Lipinski definition) is 0. The van der Waals surface area contributed by atoms with Crippen LogP contribution in [-0.2, 0) is 0 Å². The molecule has 2 atom stereocenters. The summed E-state index contributed by atoms with van der Waals surface area (Å²) in [6.07, 6.45) is 0.591. The molecule has 0 fully saturated rings. The molecule has 0 bridgehead atoms. The minimum Gasteiger partial charge on any atom is -0.497 e. The molecule has 2 heterocycles. The van der Waals surface area contributed by atoms with Gasteiger partial charge in [-0.25, -0.2) is 5.01 Å². The molecule has 0 aromatic heterocycles. The molecule has 4 nitrogen and oxygen atoms in total. The van der Waals surface area contributed by atoms with Crippen molar-refractivity contribution < 1.29 is 9.47 Å². The van der Waals surface area contributed by atoms with Crippen molar-refractivity contribution in [2.24, 2.45) is 5.10 Å². The molecule has 0 saturated heterocycles. The number of hydrazone groups is 1. The number of fused-ring (bicyclic) bond motifs is 3. The highest BCUT2D eigenvalue weighted by Crippen LogP contribution is 2.47. The first-order valence-electron chi connectivity index (χ1n) is 9.24. The first kappa shape index (κ1) is 17.3. The van der Waals surface area contributed by atoms with Crippen LogP contribution in [-0.4, -0.2) is 17.8 Å². The molecule has 0 saturated carbocycles. The van der Waals surface area contributed by atoms with Gasteiger partial charge in [0.1, 0.15) is 11.5 Å². The highest BCUT2D eigenvalue weighted by Gasteiger charge is 2.40. The number of nitrogens with zero attached hydrogens (tertiary/aromatic N) is 2. The van der Waals surface area contributed by atoms with Gasteiger partial charge >= 0.3 is 0 Å². The van der Waals surface area contributed by atoms with Gasteiger partial charge in [-0.1, -0.05) is 46.3 Å². The Morgan fingerprint density at radius 3 is 2.50 bits per heavy atom. The Hall–Kier alpha value is -2.79. The lowest BCUT2D eigenvalue weighted by Crippen LogP contribution is -2.33. The number of hydrogen-bond acceptors (Lipinski definition) is 4. The summed E-state index contributed by atoms with van der Waals surface area (Å²) in [5.74, 6) is 1.76. The lowest BCUT2D eigenvalue weighted by atomic mass is 9.96. The maximum Gasteiger partial charge on any atom is 0.213 e. The quantitative estimate of drug-likeness (QED) is 0.529. The number of halogens is 1. The van der Waals surface area contributed by atoms with E-state index in [0.29, 0.717) is 0 Å². The van der Waals surface area contributed by atoms with Crippen LogP contribution in [0.2, 0.25) is 0 Å². The molecule has 2 aliphatic heterocycles. The Morgan fingerprint density at radius 1 is 1.00 bits per heavy atom. The number of rotatable bonds is 3. The molecule has 0 aliphatic carbocycles. The molecule has 0 spiro atoms. The van der Waals surface area contributed by atoms with Crippen molar-refractivity contribution in [2.75, 3.05) is 7.11 Å². The number of ether oxygens (including phenoxy) is 2. The Kier molecular flexibility index (Phi) is 4.32. The van der Waals surface area contributed by atoms with E-state index in [2.05, 4.69) is 57.3 Å². The van der Waals surface area contributed by atoms with Gasteiger partial charge in [0, 0.05) is 22.0 Å². The van der Waals surface area contributed by atoms with Crippen LogP contribution in [0.1, 0.15) is 35.4 Å². The van der Waals surface area contributed by atoms with E-state index in [4.69, 9.17) is 14.6 Å². The summed E-state index contributed by atoms with van der Waals surface area (Å²) in [5.41, 5.74) is 4.46. The fourth-order valence-corrected chi connectivity index (χ4v) is 4.10. The molecule has 0 unspecified atom stereocenters. The van der Waals surface area contributed by atoms with Crippen molar-refractivity contribution in [1.82, 2.24) is 5.01 Å². The monoisotopic (exact) mass is 434 g/mol. The Morgan fingerprint density at radius 2 is 1.75 bits per heavy atom. The summed E-state index contributed by atoms with van der Waals surface area (Å²) in [7, 11) is 1.67. The third-order valence-corrected chi connectivity index (χ3v) is 5.81. The largest absolute Gasteiger partial charge is 0.497 e. The first-order chi connectivity index (χ1) is 13.7. The van der Waals surface area contributed by atoms with E-state index in [-0.39, 0.29) is 12.3 Å². The molecular weight excluding hydrogens is 416 g/mol. The zero-order valence-electron chi connectivity index (χ0n) is 15.4. The Bertz CT molecular complexity index is 1030. The van der Waals surface area contributed by atoms with Gasteiger partial charge in [-0.15, -0.1) is 0 Å².